The van der Waals surface area contributed by atoms with E-state index in [1.54, 1.807) is 34.3 Å². The van der Waals surface area contributed by atoms with Gasteiger partial charge in [0.15, 0.2) is 0 Å². The Balaban J connectivity index is 1.75. The molecule has 0 saturated carbocycles. The predicted octanol–water partition coefficient (Wildman–Crippen LogP) is 3.60. The van der Waals surface area contributed by atoms with E-state index in [2.05, 4.69) is 26.3 Å². The minimum Gasteiger partial charge on any atom is -0.472 e. The van der Waals surface area contributed by atoms with Crippen LogP contribution in [0, 0.1) is 0 Å². The van der Waals surface area contributed by atoms with Crippen molar-refractivity contribution in [3.63, 3.8) is 0 Å². The molecular formula is C13H10BrN3O2S. The quantitative estimate of drug-likeness (QED) is 0.781. The molecule has 3 heterocycles. The third kappa shape index (κ3) is 2.83. The van der Waals surface area contributed by atoms with Gasteiger partial charge in [0.1, 0.15) is 12.1 Å². The third-order valence-electron chi connectivity index (χ3n) is 2.67. The molecule has 0 saturated heterocycles. The lowest BCUT2D eigenvalue weighted by Gasteiger charge is -2.07. The second-order valence-electron chi connectivity index (χ2n) is 4.07. The molecule has 0 aliphatic heterocycles. The van der Waals surface area contributed by atoms with Gasteiger partial charge in [0.2, 0.25) is 0 Å². The number of halogens is 1. The molecular weight excluding hydrogens is 342 g/mol. The van der Waals surface area contributed by atoms with Crippen LogP contribution in [-0.4, -0.2) is 15.7 Å². The molecule has 7 heteroatoms. The van der Waals surface area contributed by atoms with E-state index >= 15 is 0 Å². The molecule has 0 atom stereocenters. The number of carbonyl (C=O) groups is 1. The van der Waals surface area contributed by atoms with Crippen molar-refractivity contribution in [3.8, 4) is 0 Å². The summed E-state index contributed by atoms with van der Waals surface area (Å²) in [6.07, 6.45) is 4.54. The summed E-state index contributed by atoms with van der Waals surface area (Å²) in [5.74, 6) is 0.439. The number of anilines is 1. The van der Waals surface area contributed by atoms with Crippen molar-refractivity contribution in [2.75, 3.05) is 5.32 Å². The van der Waals surface area contributed by atoms with E-state index in [1.165, 1.54) is 12.5 Å². The van der Waals surface area contributed by atoms with Crippen LogP contribution in [0.3, 0.4) is 0 Å². The zero-order valence-electron chi connectivity index (χ0n) is 10.2. The molecule has 3 aromatic rings. The molecule has 1 amide bonds. The summed E-state index contributed by atoms with van der Waals surface area (Å²) in [5, 5.41) is 9.06. The molecule has 0 unspecified atom stereocenters. The lowest BCUT2D eigenvalue weighted by Crippen LogP contribution is -2.15. The van der Waals surface area contributed by atoms with Crippen LogP contribution in [0.15, 0.2) is 51.2 Å². The van der Waals surface area contributed by atoms with Crippen molar-refractivity contribution in [3.05, 3.63) is 57.2 Å². The predicted molar refractivity (Wildman–Crippen MR) is 80.0 cm³/mol. The van der Waals surface area contributed by atoms with Gasteiger partial charge in [0.05, 0.1) is 24.6 Å². The minimum atomic E-state index is -0.215. The Kier molecular flexibility index (Phi) is 3.70. The van der Waals surface area contributed by atoms with Crippen LogP contribution in [-0.2, 0) is 6.54 Å². The first-order valence-electron chi connectivity index (χ1n) is 5.80. The fourth-order valence-corrected chi connectivity index (χ4v) is 3.16. The van der Waals surface area contributed by atoms with Crippen LogP contribution >= 0.6 is 27.3 Å². The van der Waals surface area contributed by atoms with Gasteiger partial charge in [-0.2, -0.15) is 5.10 Å². The van der Waals surface area contributed by atoms with Gasteiger partial charge in [-0.15, -0.1) is 11.3 Å². The largest absolute Gasteiger partial charge is 0.472 e. The summed E-state index contributed by atoms with van der Waals surface area (Å²) in [4.78, 5) is 13.1. The number of nitrogens with zero attached hydrogens (tertiary/aromatic N) is 2. The van der Waals surface area contributed by atoms with Crippen molar-refractivity contribution < 1.29 is 9.21 Å². The number of nitrogens with one attached hydrogen (secondary N) is 1. The first-order valence-corrected chi connectivity index (χ1v) is 7.48. The molecule has 0 fully saturated rings. The SMILES string of the molecule is O=C(Nc1ccnn1Cc1cc(Br)cs1)c1ccoc1. The summed E-state index contributed by atoms with van der Waals surface area (Å²) < 4.78 is 7.69. The Morgan fingerprint density at radius 3 is 3.10 bits per heavy atom. The molecule has 5 nitrogen and oxygen atoms in total. The summed E-state index contributed by atoms with van der Waals surface area (Å²) in [6, 6.07) is 5.42. The maximum atomic E-state index is 12.0. The van der Waals surface area contributed by atoms with E-state index in [9.17, 15) is 4.79 Å². The smallest absolute Gasteiger partial charge is 0.260 e. The summed E-state index contributed by atoms with van der Waals surface area (Å²) in [7, 11) is 0. The van der Waals surface area contributed by atoms with Crippen molar-refractivity contribution in [1.29, 1.82) is 0 Å². The fourth-order valence-electron chi connectivity index (χ4n) is 1.73. The highest BCUT2D eigenvalue weighted by Crippen LogP contribution is 2.21. The Labute approximate surface area is 127 Å². The monoisotopic (exact) mass is 351 g/mol. The van der Waals surface area contributed by atoms with E-state index in [1.807, 2.05) is 11.4 Å². The highest BCUT2D eigenvalue weighted by atomic mass is 79.9. The van der Waals surface area contributed by atoms with E-state index < -0.39 is 0 Å². The third-order valence-corrected chi connectivity index (χ3v) is 4.35. The van der Waals surface area contributed by atoms with Gasteiger partial charge in [0.25, 0.3) is 5.91 Å². The Morgan fingerprint density at radius 2 is 2.40 bits per heavy atom. The zero-order chi connectivity index (χ0) is 13.9. The van der Waals surface area contributed by atoms with Gasteiger partial charge >= 0.3 is 0 Å². The number of hydrogen-bond acceptors (Lipinski definition) is 4. The minimum absolute atomic E-state index is 0.215. The molecule has 0 spiro atoms. The van der Waals surface area contributed by atoms with Gasteiger partial charge in [-0.05, 0) is 28.1 Å². The highest BCUT2D eigenvalue weighted by Gasteiger charge is 2.11. The van der Waals surface area contributed by atoms with Gasteiger partial charge in [-0.1, -0.05) is 0 Å². The second kappa shape index (κ2) is 5.64. The van der Waals surface area contributed by atoms with Crippen LogP contribution in [0.2, 0.25) is 0 Å². The fraction of sp³-hybridized carbons (Fsp3) is 0.0769. The molecule has 0 aromatic carbocycles. The van der Waals surface area contributed by atoms with Gasteiger partial charge in [0, 0.05) is 20.8 Å². The first kappa shape index (κ1) is 13.1. The average Bonchev–Trinajstić information content (AvgIpc) is 3.13. The maximum Gasteiger partial charge on any atom is 0.260 e. The lowest BCUT2D eigenvalue weighted by molar-refractivity contribution is 0.102. The van der Waals surface area contributed by atoms with Gasteiger partial charge in [-0.3, -0.25) is 4.79 Å². The van der Waals surface area contributed by atoms with Crippen LogP contribution in [0.1, 0.15) is 15.2 Å². The van der Waals surface area contributed by atoms with Crippen molar-refractivity contribution >= 4 is 39.0 Å². The number of carbonyl (C=O) groups excluding carboxylic acids is 1. The van der Waals surface area contributed by atoms with E-state index in [4.69, 9.17) is 4.42 Å². The summed E-state index contributed by atoms with van der Waals surface area (Å²) in [5.41, 5.74) is 0.483. The van der Waals surface area contributed by atoms with Crippen LogP contribution in [0.5, 0.6) is 0 Å². The molecule has 0 aliphatic carbocycles. The lowest BCUT2D eigenvalue weighted by atomic mass is 10.3. The van der Waals surface area contributed by atoms with Gasteiger partial charge < -0.3 is 9.73 Å². The topological polar surface area (TPSA) is 60.1 Å². The highest BCUT2D eigenvalue weighted by molar-refractivity contribution is 9.10. The second-order valence-corrected chi connectivity index (χ2v) is 5.98. The van der Waals surface area contributed by atoms with E-state index in [-0.39, 0.29) is 5.91 Å². The number of furan rings is 1. The first-order chi connectivity index (χ1) is 9.72. The van der Waals surface area contributed by atoms with Crippen LogP contribution < -0.4 is 5.32 Å². The molecule has 102 valence electrons. The average molecular weight is 352 g/mol. The molecule has 3 rings (SSSR count). The maximum absolute atomic E-state index is 12.0. The van der Waals surface area contributed by atoms with E-state index in [0.29, 0.717) is 17.9 Å². The standard InChI is InChI=1S/C13H10BrN3O2S/c14-10-5-11(20-8-10)6-17-12(1-3-15-17)16-13(18)9-2-4-19-7-9/h1-5,7-8H,6H2,(H,16,18). The van der Waals surface area contributed by atoms with Gasteiger partial charge in [-0.25, -0.2) is 4.68 Å². The van der Waals surface area contributed by atoms with Crippen molar-refractivity contribution in [2.45, 2.75) is 6.54 Å². The zero-order valence-corrected chi connectivity index (χ0v) is 12.6. The number of amides is 1. The van der Waals surface area contributed by atoms with E-state index in [0.717, 1.165) is 9.35 Å². The molecule has 0 aliphatic rings. The summed E-state index contributed by atoms with van der Waals surface area (Å²) in [6.45, 7) is 0.615. The Bertz CT molecular complexity index is 718. The normalized spacial score (nSPS) is 10.7. The Hall–Kier alpha value is -1.86. The number of thiophene rings is 1. The number of aromatic nitrogens is 2. The molecule has 0 radical (unpaired) electrons. The number of hydrogen-bond donors (Lipinski definition) is 1. The molecule has 3 aromatic heterocycles. The molecule has 20 heavy (non-hydrogen) atoms. The van der Waals surface area contributed by atoms with Crippen molar-refractivity contribution in [2.24, 2.45) is 0 Å². The summed E-state index contributed by atoms with van der Waals surface area (Å²) >= 11 is 5.06. The van der Waals surface area contributed by atoms with Crippen LogP contribution in [0.4, 0.5) is 5.82 Å². The Morgan fingerprint density at radius 1 is 1.50 bits per heavy atom. The number of rotatable bonds is 4. The van der Waals surface area contributed by atoms with Crippen molar-refractivity contribution in [1.82, 2.24) is 9.78 Å². The van der Waals surface area contributed by atoms with Crippen LogP contribution in [0.25, 0.3) is 0 Å². The molecule has 1 N–H and O–H groups in total. The molecule has 0 bridgehead atoms.